The SMILES string of the molecule is Cc1cc(Cl)ccc1C(=O)[C@H]1CCCN(Cc2ccc(OCCO)cc2)C1. The minimum absolute atomic E-state index is 0.0119. The van der Waals surface area contributed by atoms with Gasteiger partial charge in [-0.2, -0.15) is 0 Å². The average Bonchev–Trinajstić information content (AvgIpc) is 2.67. The first kappa shape index (κ1) is 19.9. The molecule has 1 N–H and O–H groups in total. The number of ether oxygens (including phenoxy) is 1. The van der Waals surface area contributed by atoms with Crippen molar-refractivity contribution < 1.29 is 14.6 Å². The van der Waals surface area contributed by atoms with E-state index in [0.29, 0.717) is 11.6 Å². The summed E-state index contributed by atoms with van der Waals surface area (Å²) in [6, 6.07) is 13.4. The van der Waals surface area contributed by atoms with E-state index in [4.69, 9.17) is 21.4 Å². The molecule has 0 radical (unpaired) electrons. The van der Waals surface area contributed by atoms with E-state index in [0.717, 1.165) is 49.4 Å². The first-order valence-electron chi connectivity index (χ1n) is 9.42. The number of carbonyl (C=O) groups excluding carboxylic acids is 1. The zero-order chi connectivity index (χ0) is 19.2. The molecule has 0 unspecified atom stereocenters. The quantitative estimate of drug-likeness (QED) is 0.726. The zero-order valence-corrected chi connectivity index (χ0v) is 16.4. The lowest BCUT2D eigenvalue weighted by atomic mass is 9.88. The number of aliphatic hydroxyl groups excluding tert-OH is 1. The Morgan fingerprint density at radius 2 is 2.04 bits per heavy atom. The number of carbonyl (C=O) groups is 1. The van der Waals surface area contributed by atoms with Gasteiger partial charge in [0.2, 0.25) is 0 Å². The van der Waals surface area contributed by atoms with Crippen molar-refractivity contribution in [1.82, 2.24) is 4.90 Å². The molecule has 1 aliphatic heterocycles. The van der Waals surface area contributed by atoms with Gasteiger partial charge in [-0.05, 0) is 67.8 Å². The van der Waals surface area contributed by atoms with Gasteiger partial charge in [-0.25, -0.2) is 0 Å². The van der Waals surface area contributed by atoms with E-state index < -0.39 is 0 Å². The highest BCUT2D eigenvalue weighted by molar-refractivity contribution is 6.30. The Morgan fingerprint density at radius 3 is 2.74 bits per heavy atom. The predicted molar refractivity (Wildman–Crippen MR) is 108 cm³/mol. The molecule has 144 valence electrons. The number of piperidine rings is 1. The van der Waals surface area contributed by atoms with Gasteiger partial charge < -0.3 is 9.84 Å². The normalized spacial score (nSPS) is 17.7. The second-order valence-corrected chi connectivity index (χ2v) is 7.55. The van der Waals surface area contributed by atoms with Crippen LogP contribution in [0, 0.1) is 12.8 Å². The van der Waals surface area contributed by atoms with Crippen LogP contribution in [0.4, 0.5) is 0 Å². The van der Waals surface area contributed by atoms with Crippen molar-refractivity contribution in [3.8, 4) is 5.75 Å². The second-order valence-electron chi connectivity index (χ2n) is 7.11. The van der Waals surface area contributed by atoms with Crippen LogP contribution >= 0.6 is 11.6 Å². The molecule has 0 aromatic heterocycles. The molecule has 0 saturated carbocycles. The standard InChI is InChI=1S/C22H26ClNO3/c1-16-13-19(23)6-9-21(16)22(26)18-3-2-10-24(15-18)14-17-4-7-20(8-5-17)27-12-11-25/h4-9,13,18,25H,2-3,10-12,14-15H2,1H3/t18-/m0/s1. The van der Waals surface area contributed by atoms with Crippen molar-refractivity contribution in [1.29, 1.82) is 0 Å². The molecule has 1 atom stereocenters. The fraction of sp³-hybridized carbons (Fsp3) is 0.409. The summed E-state index contributed by atoms with van der Waals surface area (Å²) in [5, 5.41) is 9.48. The van der Waals surface area contributed by atoms with E-state index in [9.17, 15) is 4.79 Å². The van der Waals surface area contributed by atoms with Crippen LogP contribution in [0.5, 0.6) is 5.75 Å². The summed E-state index contributed by atoms with van der Waals surface area (Å²) in [5.41, 5.74) is 2.93. The molecule has 0 spiro atoms. The highest BCUT2D eigenvalue weighted by Gasteiger charge is 2.27. The summed E-state index contributed by atoms with van der Waals surface area (Å²) in [6.07, 6.45) is 1.96. The predicted octanol–water partition coefficient (Wildman–Crippen LogP) is 4.11. The van der Waals surface area contributed by atoms with Crippen molar-refractivity contribution in [2.75, 3.05) is 26.3 Å². The van der Waals surface area contributed by atoms with Crippen molar-refractivity contribution >= 4 is 17.4 Å². The van der Waals surface area contributed by atoms with E-state index in [1.165, 1.54) is 5.56 Å². The van der Waals surface area contributed by atoms with Crippen LogP contribution in [0.3, 0.4) is 0 Å². The molecular formula is C22H26ClNO3. The first-order chi connectivity index (χ1) is 13.1. The van der Waals surface area contributed by atoms with Crippen molar-refractivity contribution in [3.05, 3.63) is 64.2 Å². The molecule has 1 saturated heterocycles. The van der Waals surface area contributed by atoms with Crippen molar-refractivity contribution in [2.24, 2.45) is 5.92 Å². The van der Waals surface area contributed by atoms with Gasteiger partial charge >= 0.3 is 0 Å². The molecule has 1 fully saturated rings. The molecule has 0 aliphatic carbocycles. The van der Waals surface area contributed by atoms with Gasteiger partial charge in [-0.1, -0.05) is 23.7 Å². The molecule has 5 heteroatoms. The van der Waals surface area contributed by atoms with Crippen LogP contribution < -0.4 is 4.74 Å². The number of rotatable bonds is 7. The second kappa shape index (κ2) is 9.36. The van der Waals surface area contributed by atoms with Crippen LogP contribution in [-0.4, -0.2) is 42.1 Å². The van der Waals surface area contributed by atoms with Gasteiger partial charge in [0.05, 0.1) is 6.61 Å². The molecule has 4 nitrogen and oxygen atoms in total. The van der Waals surface area contributed by atoms with E-state index in [-0.39, 0.29) is 18.3 Å². The van der Waals surface area contributed by atoms with Crippen molar-refractivity contribution in [3.63, 3.8) is 0 Å². The number of Topliss-reactive ketones (excluding diaryl/α,β-unsaturated/α-hetero) is 1. The largest absolute Gasteiger partial charge is 0.491 e. The van der Waals surface area contributed by atoms with Gasteiger partial charge in [-0.3, -0.25) is 9.69 Å². The topological polar surface area (TPSA) is 49.8 Å². The van der Waals surface area contributed by atoms with Gasteiger partial charge in [0.25, 0.3) is 0 Å². The highest BCUT2D eigenvalue weighted by atomic mass is 35.5. The number of hydrogen-bond acceptors (Lipinski definition) is 4. The average molecular weight is 388 g/mol. The summed E-state index contributed by atoms with van der Waals surface area (Å²) >= 11 is 6.02. The molecule has 2 aromatic carbocycles. The molecule has 0 amide bonds. The fourth-order valence-corrected chi connectivity index (χ4v) is 3.88. The zero-order valence-electron chi connectivity index (χ0n) is 15.7. The van der Waals surface area contributed by atoms with Crippen LogP contribution in [0.2, 0.25) is 5.02 Å². The van der Waals surface area contributed by atoms with Crippen molar-refractivity contribution in [2.45, 2.75) is 26.3 Å². The molecular weight excluding hydrogens is 362 g/mol. The van der Waals surface area contributed by atoms with E-state index >= 15 is 0 Å². The third kappa shape index (κ3) is 5.32. The van der Waals surface area contributed by atoms with E-state index in [1.807, 2.05) is 43.3 Å². The maximum atomic E-state index is 13.0. The molecule has 27 heavy (non-hydrogen) atoms. The maximum Gasteiger partial charge on any atom is 0.167 e. The molecule has 0 bridgehead atoms. The Balaban J connectivity index is 1.61. The molecule has 1 heterocycles. The summed E-state index contributed by atoms with van der Waals surface area (Å²) in [4.78, 5) is 15.3. The number of hydrogen-bond donors (Lipinski definition) is 1. The smallest absolute Gasteiger partial charge is 0.167 e. The summed E-state index contributed by atoms with van der Waals surface area (Å²) in [5.74, 6) is 1.02. The maximum absolute atomic E-state index is 13.0. The summed E-state index contributed by atoms with van der Waals surface area (Å²) in [6.45, 7) is 4.87. The van der Waals surface area contributed by atoms with Crippen LogP contribution in [0.25, 0.3) is 0 Å². The van der Waals surface area contributed by atoms with E-state index in [1.54, 1.807) is 6.07 Å². The van der Waals surface area contributed by atoms with Gasteiger partial charge in [0.15, 0.2) is 5.78 Å². The summed E-state index contributed by atoms with van der Waals surface area (Å²) < 4.78 is 5.40. The first-order valence-corrected chi connectivity index (χ1v) is 9.80. The molecule has 3 rings (SSSR count). The lowest BCUT2D eigenvalue weighted by Gasteiger charge is -2.32. The lowest BCUT2D eigenvalue weighted by molar-refractivity contribution is 0.0811. The van der Waals surface area contributed by atoms with Gasteiger partial charge in [-0.15, -0.1) is 0 Å². The number of ketones is 1. The Labute approximate surface area is 165 Å². The Hall–Kier alpha value is -1.88. The van der Waals surface area contributed by atoms with Crippen LogP contribution in [0.15, 0.2) is 42.5 Å². The fourth-order valence-electron chi connectivity index (χ4n) is 3.65. The Bertz CT molecular complexity index is 776. The third-order valence-corrected chi connectivity index (χ3v) is 5.25. The lowest BCUT2D eigenvalue weighted by Crippen LogP contribution is -2.38. The highest BCUT2D eigenvalue weighted by Crippen LogP contribution is 2.25. The number of benzene rings is 2. The minimum atomic E-state index is 0.0119. The number of halogens is 1. The number of likely N-dealkylation sites (tertiary alicyclic amines) is 1. The number of aryl methyl sites for hydroxylation is 1. The number of aliphatic hydroxyl groups is 1. The summed E-state index contributed by atoms with van der Waals surface area (Å²) in [7, 11) is 0. The van der Waals surface area contributed by atoms with Gasteiger partial charge in [0.1, 0.15) is 12.4 Å². The Kier molecular flexibility index (Phi) is 6.89. The van der Waals surface area contributed by atoms with Crippen LogP contribution in [0.1, 0.15) is 34.3 Å². The molecule has 2 aromatic rings. The van der Waals surface area contributed by atoms with E-state index in [2.05, 4.69) is 4.90 Å². The number of nitrogens with zero attached hydrogens (tertiary/aromatic N) is 1. The minimum Gasteiger partial charge on any atom is -0.491 e. The monoisotopic (exact) mass is 387 g/mol. The van der Waals surface area contributed by atoms with Gasteiger partial charge in [0, 0.05) is 29.6 Å². The molecule has 1 aliphatic rings. The Morgan fingerprint density at radius 1 is 1.26 bits per heavy atom. The van der Waals surface area contributed by atoms with Crippen LogP contribution in [-0.2, 0) is 6.54 Å². The third-order valence-electron chi connectivity index (χ3n) is 5.02.